The van der Waals surface area contributed by atoms with Gasteiger partial charge in [0.2, 0.25) is 0 Å². The molecule has 27 heavy (non-hydrogen) atoms. The van der Waals surface area contributed by atoms with E-state index < -0.39 is 5.60 Å². The maximum Gasteiger partial charge on any atom is 0.254 e. The fourth-order valence-electron chi connectivity index (χ4n) is 3.24. The summed E-state index contributed by atoms with van der Waals surface area (Å²) in [4.78, 5) is 19.3. The quantitative estimate of drug-likeness (QED) is 0.802. The Balaban J connectivity index is 1.85. The van der Waals surface area contributed by atoms with Crippen molar-refractivity contribution in [2.24, 2.45) is 0 Å². The SMILES string of the molecule is CCc1onc(C)c1-c1cccc(C2CN(C(=O)C(C)(C)OC)CCO2)n1. The van der Waals surface area contributed by atoms with Gasteiger partial charge in [0.25, 0.3) is 5.91 Å². The highest BCUT2D eigenvalue weighted by Gasteiger charge is 2.35. The van der Waals surface area contributed by atoms with Gasteiger partial charge in [-0.05, 0) is 32.9 Å². The average molecular weight is 373 g/mol. The second-order valence-corrected chi connectivity index (χ2v) is 7.19. The predicted molar refractivity (Wildman–Crippen MR) is 100 cm³/mol. The van der Waals surface area contributed by atoms with E-state index in [4.69, 9.17) is 19.0 Å². The van der Waals surface area contributed by atoms with Crippen molar-refractivity contribution >= 4 is 5.91 Å². The number of rotatable bonds is 5. The van der Waals surface area contributed by atoms with Gasteiger partial charge in [0.1, 0.15) is 17.5 Å². The Morgan fingerprint density at radius 3 is 2.89 bits per heavy atom. The first kappa shape index (κ1) is 19.5. The summed E-state index contributed by atoms with van der Waals surface area (Å²) in [6.45, 7) is 8.96. The van der Waals surface area contributed by atoms with Crippen molar-refractivity contribution in [2.45, 2.75) is 45.8 Å². The first-order valence-electron chi connectivity index (χ1n) is 9.26. The largest absolute Gasteiger partial charge is 0.369 e. The van der Waals surface area contributed by atoms with Crippen LogP contribution in [-0.4, -0.2) is 53.4 Å². The minimum atomic E-state index is -0.854. The number of aromatic nitrogens is 2. The highest BCUT2D eigenvalue weighted by Crippen LogP contribution is 2.29. The van der Waals surface area contributed by atoms with Crippen LogP contribution >= 0.6 is 0 Å². The number of aryl methyl sites for hydroxylation is 2. The Labute approximate surface area is 159 Å². The molecule has 1 atom stereocenters. The smallest absolute Gasteiger partial charge is 0.254 e. The zero-order valence-corrected chi connectivity index (χ0v) is 16.6. The maximum absolute atomic E-state index is 12.7. The number of hydrogen-bond acceptors (Lipinski definition) is 6. The van der Waals surface area contributed by atoms with Crippen molar-refractivity contribution in [1.82, 2.24) is 15.0 Å². The number of methoxy groups -OCH3 is 1. The van der Waals surface area contributed by atoms with E-state index in [2.05, 4.69) is 5.16 Å². The minimum Gasteiger partial charge on any atom is -0.369 e. The lowest BCUT2D eigenvalue weighted by molar-refractivity contribution is -0.158. The molecule has 7 nitrogen and oxygen atoms in total. The van der Waals surface area contributed by atoms with Gasteiger partial charge in [0.15, 0.2) is 0 Å². The summed E-state index contributed by atoms with van der Waals surface area (Å²) in [6, 6.07) is 5.83. The third kappa shape index (κ3) is 3.89. The molecule has 0 N–H and O–H groups in total. The molecule has 146 valence electrons. The first-order valence-corrected chi connectivity index (χ1v) is 9.26. The Morgan fingerprint density at radius 2 is 2.19 bits per heavy atom. The highest BCUT2D eigenvalue weighted by atomic mass is 16.5. The molecule has 1 aliphatic rings. The third-order valence-electron chi connectivity index (χ3n) is 4.99. The van der Waals surface area contributed by atoms with Crippen LogP contribution in [-0.2, 0) is 20.7 Å². The summed E-state index contributed by atoms with van der Waals surface area (Å²) >= 11 is 0. The van der Waals surface area contributed by atoms with Gasteiger partial charge in [0, 0.05) is 20.1 Å². The van der Waals surface area contributed by atoms with Crippen molar-refractivity contribution in [3.05, 3.63) is 35.3 Å². The van der Waals surface area contributed by atoms with E-state index in [1.165, 1.54) is 0 Å². The van der Waals surface area contributed by atoms with Crippen LogP contribution in [0.3, 0.4) is 0 Å². The normalized spacial score (nSPS) is 18.0. The highest BCUT2D eigenvalue weighted by molar-refractivity contribution is 5.84. The molecule has 1 unspecified atom stereocenters. The second kappa shape index (κ2) is 7.78. The van der Waals surface area contributed by atoms with E-state index >= 15 is 0 Å². The molecule has 1 fully saturated rings. The van der Waals surface area contributed by atoms with Crippen LogP contribution in [0.5, 0.6) is 0 Å². The Morgan fingerprint density at radius 1 is 1.41 bits per heavy atom. The number of carbonyl (C=O) groups is 1. The Kier molecular flexibility index (Phi) is 5.62. The third-order valence-corrected chi connectivity index (χ3v) is 4.99. The van der Waals surface area contributed by atoms with Crippen LogP contribution in [0.15, 0.2) is 22.7 Å². The van der Waals surface area contributed by atoms with Gasteiger partial charge in [-0.15, -0.1) is 0 Å². The van der Waals surface area contributed by atoms with E-state index in [0.29, 0.717) is 19.7 Å². The van der Waals surface area contributed by atoms with Crippen LogP contribution in [0.4, 0.5) is 0 Å². The molecular formula is C20H27N3O4. The summed E-state index contributed by atoms with van der Waals surface area (Å²) in [7, 11) is 1.55. The molecule has 2 aromatic rings. The lowest BCUT2D eigenvalue weighted by atomic mass is 10.0. The monoisotopic (exact) mass is 373 g/mol. The van der Waals surface area contributed by atoms with Crippen LogP contribution in [0.25, 0.3) is 11.3 Å². The maximum atomic E-state index is 12.7. The number of morpholine rings is 1. The van der Waals surface area contributed by atoms with Crippen molar-refractivity contribution < 1.29 is 18.8 Å². The fraction of sp³-hybridized carbons (Fsp3) is 0.550. The molecule has 7 heteroatoms. The molecule has 0 spiro atoms. The Bertz CT molecular complexity index is 815. The Hall–Kier alpha value is -2.25. The molecule has 3 rings (SSSR count). The van der Waals surface area contributed by atoms with Crippen molar-refractivity contribution in [3.8, 4) is 11.3 Å². The van der Waals surface area contributed by atoms with Crippen molar-refractivity contribution in [2.75, 3.05) is 26.8 Å². The molecule has 0 radical (unpaired) electrons. The predicted octanol–water partition coefficient (Wildman–Crippen LogP) is 2.93. The van der Waals surface area contributed by atoms with E-state index in [1.54, 1.807) is 25.9 Å². The van der Waals surface area contributed by atoms with Gasteiger partial charge in [-0.3, -0.25) is 4.79 Å². The average Bonchev–Trinajstić information content (AvgIpc) is 3.08. The number of nitrogens with zero attached hydrogens (tertiary/aromatic N) is 3. The summed E-state index contributed by atoms with van der Waals surface area (Å²) in [5, 5.41) is 4.06. The number of hydrogen-bond donors (Lipinski definition) is 0. The summed E-state index contributed by atoms with van der Waals surface area (Å²) in [6.07, 6.45) is 0.469. The van der Waals surface area contributed by atoms with Gasteiger partial charge < -0.3 is 18.9 Å². The lowest BCUT2D eigenvalue weighted by Gasteiger charge is -2.36. The summed E-state index contributed by atoms with van der Waals surface area (Å²) in [5.41, 5.74) is 2.51. The van der Waals surface area contributed by atoms with Gasteiger partial charge in [-0.1, -0.05) is 18.1 Å². The molecule has 0 saturated carbocycles. The van der Waals surface area contributed by atoms with Crippen LogP contribution in [0.1, 0.15) is 44.0 Å². The van der Waals surface area contributed by atoms with Crippen molar-refractivity contribution in [3.63, 3.8) is 0 Å². The fourth-order valence-corrected chi connectivity index (χ4v) is 3.24. The second-order valence-electron chi connectivity index (χ2n) is 7.19. The van der Waals surface area contributed by atoms with Gasteiger partial charge in [0.05, 0.1) is 35.8 Å². The van der Waals surface area contributed by atoms with Crippen LogP contribution in [0.2, 0.25) is 0 Å². The number of carbonyl (C=O) groups excluding carboxylic acids is 1. The van der Waals surface area contributed by atoms with E-state index in [0.717, 1.165) is 34.8 Å². The zero-order valence-electron chi connectivity index (χ0n) is 16.6. The first-order chi connectivity index (χ1) is 12.9. The summed E-state index contributed by atoms with van der Waals surface area (Å²) < 4.78 is 16.6. The lowest BCUT2D eigenvalue weighted by Crippen LogP contribution is -2.51. The molecule has 0 aromatic carbocycles. The standard InChI is InChI=1S/C20H27N3O4/c1-6-16-18(13(2)22-27-16)15-9-7-8-14(21-15)17-12-23(10-11-26-17)19(24)20(3,4)25-5/h7-9,17H,6,10-12H2,1-5H3. The molecular weight excluding hydrogens is 346 g/mol. The van der Waals surface area contributed by atoms with Crippen molar-refractivity contribution in [1.29, 1.82) is 0 Å². The number of pyridine rings is 1. The zero-order chi connectivity index (χ0) is 19.6. The van der Waals surface area contributed by atoms with Gasteiger partial charge in [-0.2, -0.15) is 0 Å². The van der Waals surface area contributed by atoms with E-state index in [9.17, 15) is 4.79 Å². The molecule has 1 aliphatic heterocycles. The molecule has 0 bridgehead atoms. The van der Waals surface area contributed by atoms with Crippen LogP contribution < -0.4 is 0 Å². The topological polar surface area (TPSA) is 77.7 Å². The van der Waals surface area contributed by atoms with E-state index in [1.807, 2.05) is 32.0 Å². The summed E-state index contributed by atoms with van der Waals surface area (Å²) in [5.74, 6) is 0.776. The minimum absolute atomic E-state index is 0.0439. The van der Waals surface area contributed by atoms with Gasteiger partial charge in [-0.25, -0.2) is 4.98 Å². The molecule has 1 saturated heterocycles. The molecule has 3 heterocycles. The van der Waals surface area contributed by atoms with E-state index in [-0.39, 0.29) is 12.0 Å². The molecule has 1 amide bonds. The van der Waals surface area contributed by atoms with Crippen LogP contribution in [0, 0.1) is 6.92 Å². The molecule has 2 aromatic heterocycles. The molecule has 0 aliphatic carbocycles. The van der Waals surface area contributed by atoms with Gasteiger partial charge >= 0.3 is 0 Å². The number of amides is 1. The number of ether oxygens (including phenoxy) is 2.